The molecule has 0 heterocycles. The standard InChI is InChI=1S/C12H24/c1-4-6-7-8-9-10-11-12(3)5-2/h3-11H2,1-2H3/i2D,3D. The van der Waals surface area contributed by atoms with E-state index in [-0.39, 0.29) is 0 Å². The Morgan fingerprint density at radius 1 is 1.25 bits per heavy atom. The van der Waals surface area contributed by atoms with Gasteiger partial charge in [-0.25, -0.2) is 0 Å². The summed E-state index contributed by atoms with van der Waals surface area (Å²) in [5.41, 5.74) is 1.15. The van der Waals surface area contributed by atoms with E-state index >= 15 is 0 Å². The first kappa shape index (κ1) is 8.34. The Labute approximate surface area is 80.9 Å². The largest absolute Gasteiger partial charge is 0.0999 e. The lowest BCUT2D eigenvalue weighted by atomic mass is 10.1. The molecule has 0 fully saturated rings. The second kappa shape index (κ2) is 8.83. The molecule has 72 valence electrons. The monoisotopic (exact) mass is 170 g/mol. The highest BCUT2D eigenvalue weighted by molar-refractivity contribution is 4.91. The van der Waals surface area contributed by atoms with Gasteiger partial charge in [0, 0.05) is 1.37 Å². The zero-order valence-corrected chi connectivity index (χ0v) is 8.44. The second-order valence-corrected chi connectivity index (χ2v) is 3.43. The fraction of sp³-hybridized carbons (Fsp3) is 0.833. The molecule has 0 rings (SSSR count). The summed E-state index contributed by atoms with van der Waals surface area (Å²) in [5, 5.41) is 0. The van der Waals surface area contributed by atoms with Crippen LogP contribution in [0, 0.1) is 0 Å². The Morgan fingerprint density at radius 2 is 2.00 bits per heavy atom. The van der Waals surface area contributed by atoms with Crippen molar-refractivity contribution in [1.29, 1.82) is 0 Å². The van der Waals surface area contributed by atoms with Gasteiger partial charge in [0.05, 0.1) is 1.37 Å². The van der Waals surface area contributed by atoms with E-state index in [1.165, 1.54) is 45.1 Å². The summed E-state index contributed by atoms with van der Waals surface area (Å²) in [5.74, 6) is 0. The lowest BCUT2D eigenvalue weighted by Crippen LogP contribution is -1.81. The van der Waals surface area contributed by atoms with E-state index in [0.29, 0.717) is 6.90 Å². The zero-order chi connectivity index (χ0) is 10.6. The summed E-state index contributed by atoms with van der Waals surface area (Å²) >= 11 is 0. The van der Waals surface area contributed by atoms with Crippen LogP contribution in [0.15, 0.2) is 12.1 Å². The number of unbranched alkanes of at least 4 members (excludes halogenated alkanes) is 5. The van der Waals surface area contributed by atoms with Crippen molar-refractivity contribution in [3.8, 4) is 0 Å². The van der Waals surface area contributed by atoms with Crippen LogP contribution >= 0.6 is 0 Å². The zero-order valence-electron chi connectivity index (χ0n) is 10.4. The molecule has 0 N–H and O–H groups in total. The van der Waals surface area contributed by atoms with E-state index in [9.17, 15) is 0 Å². The average molecular weight is 170 g/mol. The van der Waals surface area contributed by atoms with Crippen LogP contribution in [0.4, 0.5) is 0 Å². The predicted octanol–water partition coefficient (Wildman–Crippen LogP) is 4.70. The SMILES string of the molecule is [2H]C=C(CC[2H])CCCCCCCC. The Kier molecular flexibility index (Phi) is 6.14. The molecule has 0 unspecified atom stereocenters. The van der Waals surface area contributed by atoms with Crippen LogP contribution in [-0.2, 0) is 0 Å². The lowest BCUT2D eigenvalue weighted by Gasteiger charge is -2.01. The molecule has 0 bridgehead atoms. The van der Waals surface area contributed by atoms with Crippen molar-refractivity contribution < 1.29 is 2.74 Å². The molecule has 0 radical (unpaired) electrons. The van der Waals surface area contributed by atoms with Crippen molar-refractivity contribution in [2.24, 2.45) is 0 Å². The van der Waals surface area contributed by atoms with Gasteiger partial charge in [-0.3, -0.25) is 0 Å². The maximum Gasteiger partial charge on any atom is 0.0537 e. The molecular formula is C12H24. The van der Waals surface area contributed by atoms with Gasteiger partial charge in [-0.15, -0.1) is 0 Å². The van der Waals surface area contributed by atoms with Crippen LogP contribution in [0.5, 0.6) is 0 Å². The Hall–Kier alpha value is -0.260. The summed E-state index contributed by atoms with van der Waals surface area (Å²) in [6, 6.07) is 0. The smallest absolute Gasteiger partial charge is 0.0537 e. The molecule has 0 amide bonds. The van der Waals surface area contributed by atoms with Gasteiger partial charge in [0.1, 0.15) is 0 Å². The van der Waals surface area contributed by atoms with Crippen molar-refractivity contribution in [3.63, 3.8) is 0 Å². The van der Waals surface area contributed by atoms with Gasteiger partial charge in [0.2, 0.25) is 0 Å². The quantitative estimate of drug-likeness (QED) is 0.366. The molecule has 0 aromatic heterocycles. The maximum absolute atomic E-state index is 7.16. The van der Waals surface area contributed by atoms with Crippen molar-refractivity contribution >= 4 is 0 Å². The normalized spacial score (nSPS) is 14.2. The highest BCUT2D eigenvalue weighted by atomic mass is 14.0. The van der Waals surface area contributed by atoms with Crippen LogP contribution in [0.1, 0.15) is 67.9 Å². The fourth-order valence-electron chi connectivity index (χ4n) is 1.26. The Balaban J connectivity index is 3.25. The molecule has 0 aliphatic heterocycles. The molecule has 0 saturated heterocycles. The molecule has 0 aliphatic rings. The van der Waals surface area contributed by atoms with E-state index in [1.807, 2.05) is 0 Å². The maximum atomic E-state index is 7.16. The minimum Gasteiger partial charge on any atom is -0.0999 e. The van der Waals surface area contributed by atoms with Crippen molar-refractivity contribution in [1.82, 2.24) is 0 Å². The second-order valence-electron chi connectivity index (χ2n) is 3.43. The highest BCUT2D eigenvalue weighted by Crippen LogP contribution is 2.12. The Bertz CT molecular complexity index is 141. The van der Waals surface area contributed by atoms with Crippen LogP contribution in [0.2, 0.25) is 0 Å². The van der Waals surface area contributed by atoms with Gasteiger partial charge in [-0.1, -0.05) is 58.1 Å². The predicted molar refractivity (Wildman–Crippen MR) is 57.4 cm³/mol. The van der Waals surface area contributed by atoms with Gasteiger partial charge in [-0.2, -0.15) is 0 Å². The first-order chi connectivity index (χ1) is 6.85. The third kappa shape index (κ3) is 7.84. The topological polar surface area (TPSA) is 0 Å². The molecule has 0 aliphatic carbocycles. The average Bonchev–Trinajstić information content (AvgIpc) is 2.21. The van der Waals surface area contributed by atoms with Crippen molar-refractivity contribution in [2.45, 2.75) is 65.2 Å². The first-order valence-electron chi connectivity index (χ1n) is 6.49. The minimum absolute atomic E-state index is 0.431. The van der Waals surface area contributed by atoms with Gasteiger partial charge < -0.3 is 0 Å². The summed E-state index contributed by atoms with van der Waals surface area (Å²) in [7, 11) is 0. The summed E-state index contributed by atoms with van der Waals surface area (Å²) in [6.07, 6.45) is 9.66. The van der Waals surface area contributed by atoms with Crippen LogP contribution in [0.3, 0.4) is 0 Å². The van der Waals surface area contributed by atoms with Crippen LogP contribution < -0.4 is 0 Å². The van der Waals surface area contributed by atoms with Gasteiger partial charge in [-0.05, 0) is 19.3 Å². The van der Waals surface area contributed by atoms with Gasteiger partial charge in [0.25, 0.3) is 0 Å². The highest BCUT2D eigenvalue weighted by Gasteiger charge is 1.92. The van der Waals surface area contributed by atoms with Crippen LogP contribution in [0.25, 0.3) is 0 Å². The molecule has 12 heavy (non-hydrogen) atoms. The first-order valence-corrected chi connectivity index (χ1v) is 5.20. The number of hydrogen-bond donors (Lipinski definition) is 0. The molecule has 0 aromatic rings. The Morgan fingerprint density at radius 3 is 2.67 bits per heavy atom. The van der Waals surface area contributed by atoms with E-state index in [4.69, 9.17) is 2.74 Å². The lowest BCUT2D eigenvalue weighted by molar-refractivity contribution is 0.604. The van der Waals surface area contributed by atoms with Crippen molar-refractivity contribution in [3.05, 3.63) is 12.1 Å². The number of hydrogen-bond acceptors (Lipinski definition) is 0. The van der Waals surface area contributed by atoms with E-state index in [1.54, 1.807) is 0 Å². The van der Waals surface area contributed by atoms with Crippen molar-refractivity contribution in [2.75, 3.05) is 0 Å². The molecule has 0 atom stereocenters. The summed E-state index contributed by atoms with van der Waals surface area (Å²) in [6.45, 7) is 4.11. The molecule has 0 aromatic carbocycles. The number of rotatable bonds is 8. The van der Waals surface area contributed by atoms with Gasteiger partial charge in [0.15, 0.2) is 0 Å². The van der Waals surface area contributed by atoms with E-state index < -0.39 is 0 Å². The number of allylic oxidation sites excluding steroid dienone is 1. The summed E-state index contributed by atoms with van der Waals surface area (Å²) in [4.78, 5) is 0. The molecule has 0 heteroatoms. The van der Waals surface area contributed by atoms with Crippen LogP contribution in [-0.4, -0.2) is 0 Å². The van der Waals surface area contributed by atoms with E-state index in [0.717, 1.165) is 18.4 Å². The third-order valence-electron chi connectivity index (χ3n) is 2.17. The van der Waals surface area contributed by atoms with Gasteiger partial charge >= 0.3 is 0 Å². The molecule has 0 saturated carbocycles. The molecular weight excluding hydrogens is 144 g/mol. The minimum atomic E-state index is 0.431. The third-order valence-corrected chi connectivity index (χ3v) is 2.17. The van der Waals surface area contributed by atoms with E-state index in [2.05, 4.69) is 6.92 Å². The molecule has 0 spiro atoms. The molecule has 0 nitrogen and oxygen atoms in total. The summed E-state index contributed by atoms with van der Waals surface area (Å²) < 4.78 is 14.2. The fourth-order valence-corrected chi connectivity index (χ4v) is 1.26.